The summed E-state index contributed by atoms with van der Waals surface area (Å²) in [7, 11) is 0. The molecule has 0 saturated carbocycles. The number of aromatic hydroxyl groups is 1. The quantitative estimate of drug-likeness (QED) is 0.0789. The van der Waals surface area contributed by atoms with Crippen LogP contribution in [0.5, 0.6) is 11.5 Å². The molecule has 0 heterocycles. The van der Waals surface area contributed by atoms with Gasteiger partial charge in [-0.15, -0.1) is 0 Å². The predicted molar refractivity (Wildman–Crippen MR) is 131 cm³/mol. The van der Waals surface area contributed by atoms with E-state index in [-0.39, 0.29) is 17.7 Å². The lowest BCUT2D eigenvalue weighted by atomic mass is 10.0. The average molecular weight is 488 g/mol. The second-order valence-corrected chi connectivity index (χ2v) is 8.24. The molecule has 1 aromatic carbocycles. The lowest BCUT2D eigenvalue weighted by molar-refractivity contribution is -0.385. The number of benzene rings is 1. The van der Waals surface area contributed by atoms with Crippen LogP contribution in [0.1, 0.15) is 59.4 Å². The predicted octanol–water partition coefficient (Wildman–Crippen LogP) is 5.36. The summed E-state index contributed by atoms with van der Waals surface area (Å²) in [6.07, 6.45) is 4.59. The first-order chi connectivity index (χ1) is 16.5. The fraction of sp³-hybridized carbons (Fsp3) is 0.480. The van der Waals surface area contributed by atoms with E-state index in [4.69, 9.17) is 9.47 Å². The first-order valence-corrected chi connectivity index (χ1v) is 11.4. The summed E-state index contributed by atoms with van der Waals surface area (Å²) in [5.74, 6) is -1.63. The lowest BCUT2D eigenvalue weighted by Crippen LogP contribution is -2.31. The normalized spacial score (nSPS) is 11.7. The molecule has 0 aliphatic rings. The number of hydrogen-bond acceptors (Lipinski definition) is 8. The first-order valence-electron chi connectivity index (χ1n) is 11.4. The number of amides is 1. The second kappa shape index (κ2) is 14.4. The Labute approximate surface area is 205 Å². The van der Waals surface area contributed by atoms with Crippen molar-refractivity contribution >= 4 is 23.8 Å². The summed E-state index contributed by atoms with van der Waals surface area (Å²) >= 11 is 0. The number of carbonyl (C=O) groups excluding carboxylic acids is 2. The van der Waals surface area contributed by atoms with Crippen LogP contribution in [-0.4, -0.2) is 46.7 Å². The van der Waals surface area contributed by atoms with Crippen molar-refractivity contribution in [2.24, 2.45) is 5.92 Å². The van der Waals surface area contributed by atoms with Crippen LogP contribution in [0.2, 0.25) is 0 Å². The van der Waals surface area contributed by atoms with E-state index in [1.54, 1.807) is 19.9 Å². The monoisotopic (exact) mass is 487 g/mol. The molecule has 35 heavy (non-hydrogen) atoms. The molecular formula is C25H33N3O7. The second-order valence-electron chi connectivity index (χ2n) is 8.24. The molecule has 10 heteroatoms. The molecular weight excluding hydrogens is 454 g/mol. The number of allylic oxidation sites excluding steroid dienone is 2. The highest BCUT2D eigenvalue weighted by molar-refractivity contribution is 6.01. The number of nitriles is 1. The Balaban J connectivity index is 3.02. The topological polar surface area (TPSA) is 143 Å². The minimum Gasteiger partial charge on any atom is -0.499 e. The van der Waals surface area contributed by atoms with Gasteiger partial charge in [0, 0.05) is 19.2 Å². The Morgan fingerprint density at radius 3 is 2.46 bits per heavy atom. The molecule has 0 aliphatic heterocycles. The third-order valence-electron chi connectivity index (χ3n) is 5.22. The fourth-order valence-corrected chi connectivity index (χ4v) is 3.17. The number of rotatable bonds is 12. The number of phenols is 1. The van der Waals surface area contributed by atoms with Crippen molar-refractivity contribution in [1.29, 1.82) is 5.26 Å². The van der Waals surface area contributed by atoms with Gasteiger partial charge in [-0.1, -0.05) is 18.6 Å². The summed E-state index contributed by atoms with van der Waals surface area (Å²) in [5.41, 5.74) is 0.260. The molecule has 0 bridgehead atoms. The van der Waals surface area contributed by atoms with Gasteiger partial charge in [-0.2, -0.15) is 5.26 Å². The van der Waals surface area contributed by atoms with Gasteiger partial charge in [0.2, 0.25) is 5.75 Å². The zero-order valence-corrected chi connectivity index (χ0v) is 20.9. The van der Waals surface area contributed by atoms with Gasteiger partial charge in [-0.05, 0) is 70.6 Å². The zero-order valence-electron chi connectivity index (χ0n) is 20.9. The molecule has 0 radical (unpaired) electrons. The van der Waals surface area contributed by atoms with Gasteiger partial charge >= 0.3 is 11.8 Å². The standard InChI is InChI=1S/C25H33N3O7/c1-6-27(7-2)24(30)20(16-26)13-19-14-21(28(32)33)23(29)22(15-19)35-25(31)34-12-11-18(5)10-8-9-17(3)4/h9,13-15,18,29H,6-8,10-12H2,1-5H3/b20-13+/t18-/m1/s1. The minimum atomic E-state index is -1.13. The van der Waals surface area contributed by atoms with Crippen LogP contribution in [0, 0.1) is 27.4 Å². The molecule has 1 rings (SSSR count). The molecule has 0 aromatic heterocycles. The molecule has 0 fully saturated rings. The van der Waals surface area contributed by atoms with Gasteiger partial charge in [-0.25, -0.2) is 4.79 Å². The molecule has 0 spiro atoms. The van der Waals surface area contributed by atoms with Crippen LogP contribution in [0.3, 0.4) is 0 Å². The molecule has 1 atom stereocenters. The molecule has 1 aromatic rings. The van der Waals surface area contributed by atoms with Gasteiger partial charge in [-0.3, -0.25) is 14.9 Å². The number of hydrogen-bond donors (Lipinski definition) is 1. The highest BCUT2D eigenvalue weighted by Crippen LogP contribution is 2.38. The maximum atomic E-state index is 12.5. The van der Waals surface area contributed by atoms with Crippen molar-refractivity contribution in [1.82, 2.24) is 4.90 Å². The van der Waals surface area contributed by atoms with Crippen LogP contribution in [0.15, 0.2) is 29.4 Å². The molecule has 0 aliphatic carbocycles. The van der Waals surface area contributed by atoms with Crippen LogP contribution >= 0.6 is 0 Å². The highest BCUT2D eigenvalue weighted by atomic mass is 16.7. The lowest BCUT2D eigenvalue weighted by Gasteiger charge is -2.17. The number of ether oxygens (including phenoxy) is 2. The summed E-state index contributed by atoms with van der Waals surface area (Å²) < 4.78 is 10.1. The van der Waals surface area contributed by atoms with E-state index in [9.17, 15) is 30.1 Å². The SMILES string of the molecule is CCN(CC)C(=O)/C(C#N)=C/c1cc(OC(=O)OCC[C@H](C)CCC=C(C)C)c(O)c([N+](=O)[O-])c1. The largest absolute Gasteiger partial charge is 0.513 e. The van der Waals surface area contributed by atoms with E-state index < -0.39 is 34.2 Å². The summed E-state index contributed by atoms with van der Waals surface area (Å²) in [6, 6.07) is 3.89. The van der Waals surface area contributed by atoms with Crippen LogP contribution < -0.4 is 4.74 Å². The zero-order chi connectivity index (χ0) is 26.5. The Morgan fingerprint density at radius 2 is 1.91 bits per heavy atom. The Hall–Kier alpha value is -3.87. The Morgan fingerprint density at radius 1 is 1.26 bits per heavy atom. The Kier molecular flexibility index (Phi) is 12.0. The average Bonchev–Trinajstić information content (AvgIpc) is 2.79. The van der Waals surface area contributed by atoms with Crippen LogP contribution in [0.25, 0.3) is 6.08 Å². The van der Waals surface area contributed by atoms with E-state index in [1.807, 2.05) is 20.8 Å². The number of carbonyl (C=O) groups is 2. The van der Waals surface area contributed by atoms with Crippen LogP contribution in [0.4, 0.5) is 10.5 Å². The van der Waals surface area contributed by atoms with Crippen molar-refractivity contribution in [3.8, 4) is 17.6 Å². The van der Waals surface area contributed by atoms with Gasteiger partial charge in [0.05, 0.1) is 11.5 Å². The molecule has 0 unspecified atom stereocenters. The number of nitro benzene ring substituents is 1. The van der Waals surface area contributed by atoms with Crippen LogP contribution in [-0.2, 0) is 9.53 Å². The van der Waals surface area contributed by atoms with Gasteiger partial charge in [0.15, 0.2) is 5.75 Å². The number of nitrogens with zero attached hydrogens (tertiary/aromatic N) is 3. The number of likely N-dealkylation sites (N-methyl/N-ethyl adjacent to an activating group) is 1. The summed E-state index contributed by atoms with van der Waals surface area (Å²) in [4.78, 5) is 36.6. The van der Waals surface area contributed by atoms with Gasteiger partial charge < -0.3 is 19.5 Å². The molecule has 10 nitrogen and oxygen atoms in total. The molecule has 1 amide bonds. The smallest absolute Gasteiger partial charge is 0.499 e. The third-order valence-corrected chi connectivity index (χ3v) is 5.22. The van der Waals surface area contributed by atoms with Crippen molar-refractivity contribution < 1.29 is 29.1 Å². The van der Waals surface area contributed by atoms with Crippen molar-refractivity contribution in [2.75, 3.05) is 19.7 Å². The fourth-order valence-electron chi connectivity index (χ4n) is 3.17. The van der Waals surface area contributed by atoms with E-state index in [0.717, 1.165) is 31.1 Å². The van der Waals surface area contributed by atoms with Crippen molar-refractivity contribution in [3.63, 3.8) is 0 Å². The molecule has 1 N–H and O–H groups in total. The van der Waals surface area contributed by atoms with Gasteiger partial charge in [0.25, 0.3) is 5.91 Å². The number of nitro groups is 1. The Bertz CT molecular complexity index is 1020. The minimum absolute atomic E-state index is 0.0299. The highest BCUT2D eigenvalue weighted by Gasteiger charge is 2.23. The van der Waals surface area contributed by atoms with E-state index in [2.05, 4.69) is 6.08 Å². The number of phenolic OH excluding ortho intramolecular Hbond substituents is 1. The van der Waals surface area contributed by atoms with E-state index in [1.165, 1.54) is 10.5 Å². The third kappa shape index (κ3) is 9.49. The van der Waals surface area contributed by atoms with Crippen molar-refractivity contribution in [2.45, 2.75) is 53.9 Å². The molecule has 190 valence electrons. The maximum Gasteiger partial charge on any atom is 0.513 e. The van der Waals surface area contributed by atoms with Gasteiger partial charge in [0.1, 0.15) is 11.6 Å². The summed E-state index contributed by atoms with van der Waals surface area (Å²) in [5, 5.41) is 31.0. The van der Waals surface area contributed by atoms with E-state index >= 15 is 0 Å². The maximum absolute atomic E-state index is 12.5. The summed E-state index contributed by atoms with van der Waals surface area (Å²) in [6.45, 7) is 10.4. The first kappa shape index (κ1) is 29.2. The molecule has 0 saturated heterocycles. The van der Waals surface area contributed by atoms with Crippen molar-refractivity contribution in [3.05, 3.63) is 45.0 Å². The van der Waals surface area contributed by atoms with E-state index in [0.29, 0.717) is 25.4 Å².